The molecule has 0 aromatic heterocycles. The summed E-state index contributed by atoms with van der Waals surface area (Å²) in [5.41, 5.74) is 7.39. The van der Waals surface area contributed by atoms with Gasteiger partial charge in [0.15, 0.2) is 0 Å². The first-order chi connectivity index (χ1) is 4.37. The van der Waals surface area contributed by atoms with Gasteiger partial charge in [-0.3, -0.25) is 0 Å². The number of rotatable bonds is 1. The second kappa shape index (κ2) is 1.29. The Morgan fingerprint density at radius 1 is 1.20 bits per heavy atom. The van der Waals surface area contributed by atoms with Gasteiger partial charge < -0.3 is 5.73 Å². The van der Waals surface area contributed by atoms with E-state index in [9.17, 15) is 0 Å². The van der Waals surface area contributed by atoms with Crippen molar-refractivity contribution in [2.24, 2.45) is 16.6 Å². The van der Waals surface area contributed by atoms with Crippen LogP contribution in [0.3, 0.4) is 0 Å². The van der Waals surface area contributed by atoms with Gasteiger partial charge in [-0.25, -0.2) is 0 Å². The van der Waals surface area contributed by atoms with Crippen molar-refractivity contribution >= 4 is 0 Å². The summed E-state index contributed by atoms with van der Waals surface area (Å²) in [7, 11) is 0. The fourth-order valence-electron chi connectivity index (χ4n) is 2.98. The second-order valence-electron chi connectivity index (χ2n) is 5.34. The molecule has 0 heterocycles. The fourth-order valence-corrected chi connectivity index (χ4v) is 2.98. The van der Waals surface area contributed by atoms with Gasteiger partial charge in [-0.15, -0.1) is 0 Å². The lowest BCUT2D eigenvalue weighted by Crippen LogP contribution is -2.71. The molecule has 1 nitrogen and oxygen atoms in total. The highest BCUT2D eigenvalue weighted by Crippen LogP contribution is 2.76. The van der Waals surface area contributed by atoms with Crippen LogP contribution in [-0.4, -0.2) is 5.54 Å². The van der Waals surface area contributed by atoms with Crippen LogP contribution in [0.1, 0.15) is 40.0 Å². The lowest BCUT2D eigenvalue weighted by atomic mass is 9.31. The van der Waals surface area contributed by atoms with Gasteiger partial charge in [0.2, 0.25) is 0 Å². The van der Waals surface area contributed by atoms with Crippen molar-refractivity contribution in [3.05, 3.63) is 0 Å². The van der Waals surface area contributed by atoms with E-state index in [0.29, 0.717) is 10.8 Å². The first-order valence-corrected chi connectivity index (χ1v) is 4.16. The van der Waals surface area contributed by atoms with Gasteiger partial charge in [0, 0.05) is 5.54 Å². The molecule has 58 valence electrons. The number of hydrogen-bond donors (Lipinski definition) is 1. The van der Waals surface area contributed by atoms with Gasteiger partial charge >= 0.3 is 0 Å². The van der Waals surface area contributed by atoms with Gasteiger partial charge in [0.05, 0.1) is 0 Å². The van der Waals surface area contributed by atoms with Gasteiger partial charge in [-0.05, 0) is 43.9 Å². The predicted molar refractivity (Wildman–Crippen MR) is 42.7 cm³/mol. The third-order valence-electron chi connectivity index (χ3n) is 3.66. The molecule has 2 bridgehead atoms. The van der Waals surface area contributed by atoms with Crippen LogP contribution < -0.4 is 5.73 Å². The van der Waals surface area contributed by atoms with Crippen LogP contribution in [0.5, 0.6) is 0 Å². The van der Waals surface area contributed by atoms with E-state index >= 15 is 0 Å². The summed E-state index contributed by atoms with van der Waals surface area (Å²) in [5.74, 6) is 0. The van der Waals surface area contributed by atoms with Gasteiger partial charge in [0.1, 0.15) is 0 Å². The maximum Gasteiger partial charge on any atom is 0.0154 e. The molecule has 3 saturated carbocycles. The van der Waals surface area contributed by atoms with Gasteiger partial charge in [-0.1, -0.05) is 6.92 Å². The molecule has 10 heavy (non-hydrogen) atoms. The molecule has 0 amide bonds. The summed E-state index contributed by atoms with van der Waals surface area (Å²) in [5, 5.41) is 0. The molecular weight excluding hydrogens is 122 g/mol. The van der Waals surface area contributed by atoms with E-state index in [2.05, 4.69) is 20.8 Å². The topological polar surface area (TPSA) is 26.0 Å². The van der Waals surface area contributed by atoms with Crippen molar-refractivity contribution in [2.75, 3.05) is 0 Å². The van der Waals surface area contributed by atoms with Crippen molar-refractivity contribution in [1.29, 1.82) is 0 Å². The normalized spacial score (nSPS) is 51.6. The lowest BCUT2D eigenvalue weighted by molar-refractivity contribution is -0.225. The Hall–Kier alpha value is -0.0400. The van der Waals surface area contributed by atoms with Crippen molar-refractivity contribution in [1.82, 2.24) is 0 Å². The van der Waals surface area contributed by atoms with Crippen molar-refractivity contribution in [3.63, 3.8) is 0 Å². The monoisotopic (exact) mass is 139 g/mol. The highest BCUT2D eigenvalue weighted by molar-refractivity contribution is 5.21. The first kappa shape index (κ1) is 6.66. The zero-order chi connectivity index (χ0) is 7.62. The van der Waals surface area contributed by atoms with E-state index in [4.69, 9.17) is 5.73 Å². The van der Waals surface area contributed by atoms with Crippen molar-refractivity contribution in [3.8, 4) is 0 Å². The molecule has 1 heteroatoms. The minimum atomic E-state index is 0.0742. The molecule has 0 unspecified atom stereocenters. The summed E-state index contributed by atoms with van der Waals surface area (Å²) in [6.45, 7) is 6.72. The Bertz CT molecular complexity index is 156. The summed E-state index contributed by atoms with van der Waals surface area (Å²) >= 11 is 0. The molecule has 0 radical (unpaired) electrons. The van der Waals surface area contributed by atoms with Crippen molar-refractivity contribution < 1.29 is 0 Å². The van der Waals surface area contributed by atoms with Crippen LogP contribution in [0.15, 0.2) is 0 Å². The van der Waals surface area contributed by atoms with E-state index in [1.807, 2.05) is 0 Å². The Morgan fingerprint density at radius 3 is 1.70 bits per heavy atom. The average Bonchev–Trinajstić information content (AvgIpc) is 1.51. The summed E-state index contributed by atoms with van der Waals surface area (Å²) in [4.78, 5) is 0. The van der Waals surface area contributed by atoms with Crippen molar-refractivity contribution in [2.45, 2.75) is 45.6 Å². The molecule has 0 spiro atoms. The van der Waals surface area contributed by atoms with Gasteiger partial charge in [0.25, 0.3) is 0 Å². The van der Waals surface area contributed by atoms with E-state index < -0.39 is 0 Å². The maximum absolute atomic E-state index is 6.07. The predicted octanol–water partition coefficient (Wildman–Crippen LogP) is 1.91. The van der Waals surface area contributed by atoms with Gasteiger partial charge in [-0.2, -0.15) is 0 Å². The molecule has 0 aromatic carbocycles. The third kappa shape index (κ3) is 0.531. The van der Waals surface area contributed by atoms with Crippen LogP contribution in [-0.2, 0) is 0 Å². The molecule has 0 aliphatic heterocycles. The Balaban J connectivity index is 2.11. The summed E-state index contributed by atoms with van der Waals surface area (Å²) < 4.78 is 0. The molecule has 3 fully saturated rings. The average molecular weight is 139 g/mol. The molecule has 0 aromatic rings. The minimum absolute atomic E-state index is 0.0742. The largest absolute Gasteiger partial charge is 0.325 e. The molecule has 0 saturated heterocycles. The standard InChI is InChI=1S/C9H17N/c1-7(2,10)9-4-8(3,5-9)6-9/h4-6,10H2,1-3H3. The minimum Gasteiger partial charge on any atom is -0.325 e. The molecular formula is C9H17N. The van der Waals surface area contributed by atoms with E-state index in [1.165, 1.54) is 19.3 Å². The fraction of sp³-hybridized carbons (Fsp3) is 1.00. The van der Waals surface area contributed by atoms with Crippen LogP contribution >= 0.6 is 0 Å². The molecule has 2 N–H and O–H groups in total. The van der Waals surface area contributed by atoms with Crippen LogP contribution in [0, 0.1) is 10.8 Å². The second-order valence-corrected chi connectivity index (χ2v) is 5.34. The van der Waals surface area contributed by atoms with Crippen LogP contribution in [0.4, 0.5) is 0 Å². The Kier molecular flexibility index (Phi) is 0.860. The number of hydrogen-bond acceptors (Lipinski definition) is 1. The molecule has 0 atom stereocenters. The maximum atomic E-state index is 6.07. The zero-order valence-corrected chi connectivity index (χ0v) is 7.20. The zero-order valence-electron chi connectivity index (χ0n) is 7.20. The smallest absolute Gasteiger partial charge is 0.0154 e. The highest BCUT2D eigenvalue weighted by atomic mass is 14.9. The first-order valence-electron chi connectivity index (χ1n) is 4.16. The molecule has 3 rings (SSSR count). The number of nitrogens with two attached hydrogens (primary N) is 1. The van der Waals surface area contributed by atoms with E-state index in [0.717, 1.165) is 0 Å². The lowest BCUT2D eigenvalue weighted by Gasteiger charge is -2.74. The highest BCUT2D eigenvalue weighted by Gasteiger charge is 2.69. The van der Waals surface area contributed by atoms with Crippen LogP contribution in [0.2, 0.25) is 0 Å². The third-order valence-corrected chi connectivity index (χ3v) is 3.66. The molecule has 3 aliphatic rings. The van der Waals surface area contributed by atoms with E-state index in [1.54, 1.807) is 0 Å². The Morgan fingerprint density at radius 2 is 1.60 bits per heavy atom. The molecule has 3 aliphatic carbocycles. The summed E-state index contributed by atoms with van der Waals surface area (Å²) in [6, 6.07) is 0. The Labute approximate surface area is 63.0 Å². The van der Waals surface area contributed by atoms with E-state index in [-0.39, 0.29) is 5.54 Å². The SMILES string of the molecule is CC12CC(C(C)(C)N)(C1)C2. The van der Waals surface area contributed by atoms with Crippen LogP contribution in [0.25, 0.3) is 0 Å². The summed E-state index contributed by atoms with van der Waals surface area (Å²) in [6.07, 6.45) is 4.14. The quantitative estimate of drug-likeness (QED) is 0.590.